The maximum Gasteiger partial charge on any atom is 0.242 e. The zero-order valence-corrected chi connectivity index (χ0v) is 14.1. The number of nitrogens with zero attached hydrogens (tertiary/aromatic N) is 5. The van der Waals surface area contributed by atoms with Gasteiger partial charge in [0.2, 0.25) is 5.91 Å². The van der Waals surface area contributed by atoms with Crippen LogP contribution in [0.3, 0.4) is 0 Å². The van der Waals surface area contributed by atoms with Crippen LogP contribution in [0.25, 0.3) is 5.82 Å². The van der Waals surface area contributed by atoms with E-state index in [1.54, 1.807) is 10.9 Å². The Kier molecular flexibility index (Phi) is 4.05. The van der Waals surface area contributed by atoms with E-state index in [9.17, 15) is 4.79 Å². The third-order valence-corrected chi connectivity index (χ3v) is 4.46. The van der Waals surface area contributed by atoms with Crippen LogP contribution in [0.5, 0.6) is 0 Å². The molecule has 0 aliphatic heterocycles. The Morgan fingerprint density at radius 3 is 3.04 bits per heavy atom. The van der Waals surface area contributed by atoms with E-state index in [-0.39, 0.29) is 18.5 Å². The SMILES string of the molecule is Cc1ccn(CC(=O)N[C@H]2CCCc3c2cnn3-c2ccccn2)n1. The highest BCUT2D eigenvalue weighted by molar-refractivity contribution is 5.76. The fourth-order valence-corrected chi connectivity index (χ4v) is 3.32. The highest BCUT2D eigenvalue weighted by Crippen LogP contribution is 2.30. The van der Waals surface area contributed by atoms with Gasteiger partial charge in [-0.15, -0.1) is 0 Å². The van der Waals surface area contributed by atoms with Crippen LogP contribution >= 0.6 is 0 Å². The van der Waals surface area contributed by atoms with E-state index in [0.29, 0.717) is 0 Å². The first-order valence-electron chi connectivity index (χ1n) is 8.48. The number of aryl methyl sites for hydroxylation is 1. The molecule has 1 atom stereocenters. The Labute approximate surface area is 145 Å². The fourth-order valence-electron chi connectivity index (χ4n) is 3.32. The van der Waals surface area contributed by atoms with Crippen LogP contribution < -0.4 is 5.32 Å². The van der Waals surface area contributed by atoms with E-state index in [2.05, 4.69) is 20.5 Å². The number of fused-ring (bicyclic) bond motifs is 1. The molecule has 1 N–H and O–H groups in total. The standard InChI is InChI=1S/C18H20N6O/c1-13-8-10-23(22-13)12-18(25)21-15-5-4-6-16-14(15)11-20-24(16)17-7-2-3-9-19-17/h2-3,7-11,15H,4-6,12H2,1H3,(H,21,25)/t15-/m0/s1. The van der Waals surface area contributed by atoms with Crippen molar-refractivity contribution in [1.29, 1.82) is 0 Å². The molecule has 0 saturated carbocycles. The number of amides is 1. The molecule has 3 aromatic heterocycles. The summed E-state index contributed by atoms with van der Waals surface area (Å²) in [5.41, 5.74) is 3.12. The Bertz CT molecular complexity index is 882. The molecule has 3 heterocycles. The molecule has 0 saturated heterocycles. The summed E-state index contributed by atoms with van der Waals surface area (Å²) in [7, 11) is 0. The number of carbonyl (C=O) groups excluding carboxylic acids is 1. The van der Waals surface area contributed by atoms with E-state index in [1.807, 2.05) is 48.3 Å². The van der Waals surface area contributed by atoms with Crippen LogP contribution in [0.1, 0.15) is 35.8 Å². The van der Waals surface area contributed by atoms with Crippen molar-refractivity contribution in [1.82, 2.24) is 29.9 Å². The molecule has 1 amide bonds. The number of rotatable bonds is 4. The van der Waals surface area contributed by atoms with Gasteiger partial charge in [0, 0.05) is 18.0 Å². The molecule has 7 heteroatoms. The first kappa shape index (κ1) is 15.6. The van der Waals surface area contributed by atoms with E-state index >= 15 is 0 Å². The van der Waals surface area contributed by atoms with E-state index in [4.69, 9.17) is 0 Å². The summed E-state index contributed by atoms with van der Waals surface area (Å²) in [6, 6.07) is 7.66. The molecule has 128 valence electrons. The van der Waals surface area contributed by atoms with Gasteiger partial charge in [0.05, 0.1) is 23.6 Å². The monoisotopic (exact) mass is 336 g/mol. The quantitative estimate of drug-likeness (QED) is 0.790. The van der Waals surface area contributed by atoms with Crippen molar-refractivity contribution in [3.63, 3.8) is 0 Å². The molecule has 25 heavy (non-hydrogen) atoms. The topological polar surface area (TPSA) is 77.6 Å². The molecular weight excluding hydrogens is 316 g/mol. The lowest BCUT2D eigenvalue weighted by atomic mass is 9.93. The second kappa shape index (κ2) is 6.51. The van der Waals surface area contributed by atoms with Gasteiger partial charge in [0.1, 0.15) is 6.54 Å². The van der Waals surface area contributed by atoms with Crippen molar-refractivity contribution >= 4 is 5.91 Å². The van der Waals surface area contributed by atoms with Crippen molar-refractivity contribution < 1.29 is 4.79 Å². The minimum absolute atomic E-state index is 0.00892. The van der Waals surface area contributed by atoms with E-state index in [0.717, 1.165) is 42.0 Å². The highest BCUT2D eigenvalue weighted by Gasteiger charge is 2.26. The number of pyridine rings is 1. The molecular formula is C18H20N6O. The fraction of sp³-hybridized carbons (Fsp3) is 0.333. The number of hydrogen-bond donors (Lipinski definition) is 1. The summed E-state index contributed by atoms with van der Waals surface area (Å²) in [6.07, 6.45) is 8.31. The van der Waals surface area contributed by atoms with Crippen LogP contribution in [-0.4, -0.2) is 30.5 Å². The van der Waals surface area contributed by atoms with Crippen molar-refractivity contribution in [2.24, 2.45) is 0 Å². The first-order chi connectivity index (χ1) is 12.2. The third kappa shape index (κ3) is 3.17. The van der Waals surface area contributed by atoms with Gasteiger partial charge in [0.15, 0.2) is 5.82 Å². The Morgan fingerprint density at radius 1 is 1.36 bits per heavy atom. The molecule has 7 nitrogen and oxygen atoms in total. The molecule has 3 aromatic rings. The van der Waals surface area contributed by atoms with Gasteiger partial charge in [-0.3, -0.25) is 9.48 Å². The number of nitrogens with one attached hydrogen (secondary N) is 1. The summed E-state index contributed by atoms with van der Waals surface area (Å²) in [4.78, 5) is 16.7. The molecule has 0 aromatic carbocycles. The molecule has 4 rings (SSSR count). The van der Waals surface area contributed by atoms with Gasteiger partial charge < -0.3 is 5.32 Å². The molecule has 0 spiro atoms. The van der Waals surface area contributed by atoms with Gasteiger partial charge >= 0.3 is 0 Å². The maximum atomic E-state index is 12.4. The average Bonchev–Trinajstić information content (AvgIpc) is 3.22. The van der Waals surface area contributed by atoms with Gasteiger partial charge in [-0.1, -0.05) is 6.07 Å². The van der Waals surface area contributed by atoms with Crippen LogP contribution in [-0.2, 0) is 17.8 Å². The largest absolute Gasteiger partial charge is 0.348 e. The summed E-state index contributed by atoms with van der Waals surface area (Å²) in [6.45, 7) is 2.14. The van der Waals surface area contributed by atoms with Crippen LogP contribution in [0, 0.1) is 6.92 Å². The predicted molar refractivity (Wildman–Crippen MR) is 92.1 cm³/mol. The van der Waals surface area contributed by atoms with Gasteiger partial charge in [-0.2, -0.15) is 10.2 Å². The van der Waals surface area contributed by atoms with Crippen molar-refractivity contribution in [2.75, 3.05) is 0 Å². The van der Waals surface area contributed by atoms with Crippen LogP contribution in [0.2, 0.25) is 0 Å². The summed E-state index contributed by atoms with van der Waals surface area (Å²) in [5, 5.41) is 11.9. The van der Waals surface area contributed by atoms with Gasteiger partial charge in [0.25, 0.3) is 0 Å². The second-order valence-corrected chi connectivity index (χ2v) is 6.31. The predicted octanol–water partition coefficient (Wildman–Crippen LogP) is 1.97. The lowest BCUT2D eigenvalue weighted by molar-refractivity contribution is -0.122. The van der Waals surface area contributed by atoms with Gasteiger partial charge in [-0.25, -0.2) is 9.67 Å². The smallest absolute Gasteiger partial charge is 0.242 e. The minimum atomic E-state index is -0.0356. The summed E-state index contributed by atoms with van der Waals surface area (Å²) in [5.74, 6) is 0.772. The lowest BCUT2D eigenvalue weighted by Crippen LogP contribution is -2.33. The minimum Gasteiger partial charge on any atom is -0.348 e. The average molecular weight is 336 g/mol. The van der Waals surface area contributed by atoms with Crippen LogP contribution in [0.4, 0.5) is 0 Å². The normalized spacial score (nSPS) is 16.4. The van der Waals surface area contributed by atoms with Crippen molar-refractivity contribution in [3.8, 4) is 5.82 Å². The van der Waals surface area contributed by atoms with E-state index in [1.165, 1.54) is 0 Å². The van der Waals surface area contributed by atoms with Crippen molar-refractivity contribution in [3.05, 3.63) is 59.8 Å². The Hall–Kier alpha value is -2.96. The Morgan fingerprint density at radius 2 is 2.28 bits per heavy atom. The number of carbonyl (C=O) groups is 1. The van der Waals surface area contributed by atoms with Crippen LogP contribution in [0.15, 0.2) is 42.9 Å². The molecule has 1 aliphatic carbocycles. The second-order valence-electron chi connectivity index (χ2n) is 6.31. The van der Waals surface area contributed by atoms with Crippen molar-refractivity contribution in [2.45, 2.75) is 38.8 Å². The third-order valence-electron chi connectivity index (χ3n) is 4.46. The summed E-state index contributed by atoms with van der Waals surface area (Å²) < 4.78 is 3.54. The Balaban J connectivity index is 1.52. The number of aromatic nitrogens is 5. The van der Waals surface area contributed by atoms with E-state index < -0.39 is 0 Å². The highest BCUT2D eigenvalue weighted by atomic mass is 16.2. The first-order valence-corrected chi connectivity index (χ1v) is 8.48. The zero-order valence-electron chi connectivity index (χ0n) is 14.1. The molecule has 1 aliphatic rings. The molecule has 0 unspecified atom stereocenters. The van der Waals surface area contributed by atoms with Gasteiger partial charge in [-0.05, 0) is 44.4 Å². The molecule has 0 radical (unpaired) electrons. The molecule has 0 bridgehead atoms. The lowest BCUT2D eigenvalue weighted by Gasteiger charge is -2.24. The zero-order chi connectivity index (χ0) is 17.2. The maximum absolute atomic E-state index is 12.4. The molecule has 0 fully saturated rings. The summed E-state index contributed by atoms with van der Waals surface area (Å²) >= 11 is 0. The number of hydrogen-bond acceptors (Lipinski definition) is 4.